The molecule has 6 nitrogen and oxygen atoms in total. The minimum Gasteiger partial charge on any atom is -0.481 e. The molecular formula is C23H27N3O3. The molecule has 6 heteroatoms. The Balaban J connectivity index is 1.94. The average molecular weight is 393 g/mol. The molecule has 3 aromatic rings. The minimum atomic E-state index is -0.965. The van der Waals surface area contributed by atoms with Crippen LogP contribution in [-0.4, -0.2) is 26.8 Å². The molecule has 1 atom stereocenters. The first kappa shape index (κ1) is 20.6. The second-order valence-electron chi connectivity index (χ2n) is 7.25. The molecule has 0 spiro atoms. The Labute approximate surface area is 170 Å². The molecule has 152 valence electrons. The number of carboxylic acid groups (broad SMARTS) is 1. The van der Waals surface area contributed by atoms with Gasteiger partial charge in [-0.1, -0.05) is 56.3 Å². The van der Waals surface area contributed by atoms with Crippen LogP contribution in [0, 0.1) is 6.92 Å². The summed E-state index contributed by atoms with van der Waals surface area (Å²) in [5.74, 6) is -1.27. The molecule has 0 radical (unpaired) electrons. The number of carbonyl (C=O) groups is 2. The number of nitrogens with one attached hydrogen (secondary N) is 1. The predicted molar refractivity (Wildman–Crippen MR) is 113 cm³/mol. The summed E-state index contributed by atoms with van der Waals surface area (Å²) in [6.07, 6.45) is 3.23. The van der Waals surface area contributed by atoms with Gasteiger partial charge in [-0.3, -0.25) is 14.3 Å². The first-order valence-electron chi connectivity index (χ1n) is 10.0. The van der Waals surface area contributed by atoms with E-state index >= 15 is 0 Å². The van der Waals surface area contributed by atoms with E-state index in [2.05, 4.69) is 24.3 Å². The Kier molecular flexibility index (Phi) is 6.32. The van der Waals surface area contributed by atoms with Gasteiger partial charge in [0.05, 0.1) is 30.3 Å². The van der Waals surface area contributed by atoms with Crippen LogP contribution in [0.15, 0.2) is 48.7 Å². The Hall–Kier alpha value is -3.15. The van der Waals surface area contributed by atoms with Crippen molar-refractivity contribution in [2.75, 3.05) is 0 Å². The predicted octanol–water partition coefficient (Wildman–Crippen LogP) is 4.65. The Bertz CT molecular complexity index is 1020. The minimum absolute atomic E-state index is 0.195. The van der Waals surface area contributed by atoms with E-state index in [4.69, 9.17) is 0 Å². The van der Waals surface area contributed by atoms with E-state index in [1.54, 1.807) is 6.20 Å². The number of fused-ring (bicyclic) bond motifs is 1. The Morgan fingerprint density at radius 2 is 1.79 bits per heavy atom. The number of aliphatic carboxylic acids is 1. The third-order valence-corrected chi connectivity index (χ3v) is 5.46. The molecule has 0 aliphatic carbocycles. The maximum atomic E-state index is 13.0. The Morgan fingerprint density at radius 1 is 1.10 bits per heavy atom. The third-order valence-electron chi connectivity index (χ3n) is 5.46. The van der Waals surface area contributed by atoms with Gasteiger partial charge in [0.1, 0.15) is 0 Å². The number of benzene rings is 2. The van der Waals surface area contributed by atoms with E-state index in [1.807, 2.05) is 54.1 Å². The molecule has 0 aliphatic heterocycles. The molecule has 0 unspecified atom stereocenters. The van der Waals surface area contributed by atoms with Crippen LogP contribution in [0.1, 0.15) is 66.8 Å². The van der Waals surface area contributed by atoms with E-state index in [9.17, 15) is 14.7 Å². The van der Waals surface area contributed by atoms with Crippen LogP contribution in [0.25, 0.3) is 10.8 Å². The maximum Gasteiger partial charge on any atom is 0.305 e. The molecule has 29 heavy (non-hydrogen) atoms. The van der Waals surface area contributed by atoms with Gasteiger partial charge in [0.25, 0.3) is 5.91 Å². The maximum absolute atomic E-state index is 13.0. The topological polar surface area (TPSA) is 84.2 Å². The lowest BCUT2D eigenvalue weighted by Crippen LogP contribution is -2.30. The van der Waals surface area contributed by atoms with Crippen molar-refractivity contribution in [3.63, 3.8) is 0 Å². The van der Waals surface area contributed by atoms with E-state index in [0.29, 0.717) is 5.56 Å². The fraction of sp³-hybridized carbons (Fsp3) is 0.348. The summed E-state index contributed by atoms with van der Waals surface area (Å²) in [5.41, 5.74) is 2.07. The molecule has 2 N–H and O–H groups in total. The molecule has 0 aliphatic rings. The molecule has 1 amide bonds. The van der Waals surface area contributed by atoms with Crippen molar-refractivity contribution in [2.45, 2.75) is 52.1 Å². The van der Waals surface area contributed by atoms with Gasteiger partial charge < -0.3 is 10.4 Å². The van der Waals surface area contributed by atoms with Gasteiger partial charge in [-0.2, -0.15) is 5.10 Å². The number of carboxylic acids is 1. The highest BCUT2D eigenvalue weighted by molar-refractivity contribution is 5.96. The van der Waals surface area contributed by atoms with Crippen molar-refractivity contribution in [2.24, 2.45) is 0 Å². The normalized spacial score (nSPS) is 12.3. The second-order valence-corrected chi connectivity index (χ2v) is 7.25. The number of hydrogen-bond acceptors (Lipinski definition) is 3. The third kappa shape index (κ3) is 4.31. The number of amides is 1. The zero-order valence-electron chi connectivity index (χ0n) is 17.1. The SMILES string of the molecule is CCC(CC)n1ncc(C(=O)N[C@H](CC(=O)O)c2cccc3ccccc23)c1C. The van der Waals surface area contributed by atoms with Crippen molar-refractivity contribution >= 4 is 22.6 Å². The number of aromatic nitrogens is 2. The molecule has 3 rings (SSSR count). The lowest BCUT2D eigenvalue weighted by molar-refractivity contribution is -0.137. The van der Waals surface area contributed by atoms with E-state index in [-0.39, 0.29) is 18.4 Å². The van der Waals surface area contributed by atoms with Crippen molar-refractivity contribution < 1.29 is 14.7 Å². The summed E-state index contributed by atoms with van der Waals surface area (Å²) < 4.78 is 1.89. The number of carbonyl (C=O) groups excluding carboxylic acids is 1. The lowest BCUT2D eigenvalue weighted by Gasteiger charge is -2.20. The van der Waals surface area contributed by atoms with Crippen molar-refractivity contribution in [1.29, 1.82) is 0 Å². The summed E-state index contributed by atoms with van der Waals surface area (Å²) in [6, 6.07) is 13.1. The zero-order valence-corrected chi connectivity index (χ0v) is 17.1. The van der Waals surface area contributed by atoms with E-state index in [0.717, 1.165) is 34.9 Å². The van der Waals surface area contributed by atoms with Gasteiger partial charge in [0.15, 0.2) is 0 Å². The number of nitrogens with zero attached hydrogens (tertiary/aromatic N) is 2. The van der Waals surface area contributed by atoms with Crippen molar-refractivity contribution in [3.8, 4) is 0 Å². The highest BCUT2D eigenvalue weighted by Crippen LogP contribution is 2.27. The van der Waals surface area contributed by atoms with Crippen molar-refractivity contribution in [1.82, 2.24) is 15.1 Å². The van der Waals surface area contributed by atoms with Crippen LogP contribution in [0.5, 0.6) is 0 Å². The van der Waals surface area contributed by atoms with Gasteiger partial charge in [-0.15, -0.1) is 0 Å². The average Bonchev–Trinajstić information content (AvgIpc) is 3.09. The standard InChI is InChI=1S/C23H27N3O3/c1-4-17(5-2)26-15(3)20(14-24-26)23(29)25-21(13-22(27)28)19-12-8-10-16-9-6-7-11-18(16)19/h6-12,14,17,21H,4-5,13H2,1-3H3,(H,25,29)(H,27,28)/t21-/m1/s1. The molecule has 0 saturated carbocycles. The fourth-order valence-corrected chi connectivity index (χ4v) is 3.85. The van der Waals surface area contributed by atoms with E-state index < -0.39 is 12.0 Å². The zero-order chi connectivity index (χ0) is 21.0. The Morgan fingerprint density at radius 3 is 2.48 bits per heavy atom. The summed E-state index contributed by atoms with van der Waals surface area (Å²) in [6.45, 7) is 6.07. The van der Waals surface area contributed by atoms with Crippen LogP contribution in [0.3, 0.4) is 0 Å². The van der Waals surface area contributed by atoms with Crippen LogP contribution in [0.4, 0.5) is 0 Å². The molecule has 0 fully saturated rings. The first-order valence-corrected chi connectivity index (χ1v) is 10.0. The van der Waals surface area contributed by atoms with Gasteiger partial charge in [-0.05, 0) is 36.1 Å². The van der Waals surface area contributed by atoms with Crippen molar-refractivity contribution in [3.05, 3.63) is 65.5 Å². The van der Waals surface area contributed by atoms with Crippen LogP contribution >= 0.6 is 0 Å². The summed E-state index contributed by atoms with van der Waals surface area (Å²) in [5, 5.41) is 18.7. The molecular weight excluding hydrogens is 366 g/mol. The van der Waals surface area contributed by atoms with Gasteiger partial charge in [0, 0.05) is 5.69 Å². The highest BCUT2D eigenvalue weighted by Gasteiger charge is 2.24. The largest absolute Gasteiger partial charge is 0.481 e. The molecule has 2 aromatic carbocycles. The van der Waals surface area contributed by atoms with Gasteiger partial charge >= 0.3 is 5.97 Å². The molecule has 0 bridgehead atoms. The summed E-state index contributed by atoms with van der Waals surface area (Å²) in [4.78, 5) is 24.5. The highest BCUT2D eigenvalue weighted by atomic mass is 16.4. The van der Waals surface area contributed by atoms with Crippen LogP contribution in [0.2, 0.25) is 0 Å². The number of rotatable bonds is 8. The van der Waals surface area contributed by atoms with E-state index in [1.165, 1.54) is 0 Å². The van der Waals surface area contributed by atoms with Crippen LogP contribution < -0.4 is 5.32 Å². The first-order chi connectivity index (χ1) is 14.0. The number of hydrogen-bond donors (Lipinski definition) is 2. The molecule has 0 saturated heterocycles. The molecule has 1 heterocycles. The summed E-state index contributed by atoms with van der Waals surface area (Å²) in [7, 11) is 0. The summed E-state index contributed by atoms with van der Waals surface area (Å²) >= 11 is 0. The second kappa shape index (κ2) is 8.90. The smallest absolute Gasteiger partial charge is 0.305 e. The van der Waals surface area contributed by atoms with Gasteiger partial charge in [-0.25, -0.2) is 0 Å². The fourth-order valence-electron chi connectivity index (χ4n) is 3.85. The monoisotopic (exact) mass is 393 g/mol. The van der Waals surface area contributed by atoms with Gasteiger partial charge in [0.2, 0.25) is 0 Å². The molecule has 1 aromatic heterocycles. The van der Waals surface area contributed by atoms with Crippen LogP contribution in [-0.2, 0) is 4.79 Å². The lowest BCUT2D eigenvalue weighted by atomic mass is 9.96. The quantitative estimate of drug-likeness (QED) is 0.583.